The third-order valence-corrected chi connectivity index (χ3v) is 4.97. The number of benzene rings is 1. The second-order valence-corrected chi connectivity index (χ2v) is 6.67. The van der Waals surface area contributed by atoms with Gasteiger partial charge in [-0.25, -0.2) is 8.78 Å². The van der Waals surface area contributed by atoms with Crippen molar-refractivity contribution >= 4 is 11.4 Å². The van der Waals surface area contributed by atoms with Crippen LogP contribution in [0.25, 0.3) is 0 Å². The molecule has 2 aromatic rings. The topological polar surface area (TPSA) is 44.9 Å². The predicted molar refractivity (Wildman–Crippen MR) is 92.5 cm³/mol. The fourth-order valence-corrected chi connectivity index (χ4v) is 3.76. The van der Waals surface area contributed by atoms with Crippen LogP contribution in [0.15, 0.2) is 35.3 Å². The van der Waals surface area contributed by atoms with Gasteiger partial charge in [-0.3, -0.25) is 4.79 Å². The summed E-state index contributed by atoms with van der Waals surface area (Å²) >= 11 is 0. The molecule has 1 aromatic heterocycles. The molecule has 128 valence electrons. The summed E-state index contributed by atoms with van der Waals surface area (Å²) < 4.78 is 30.1. The molecule has 0 bridgehead atoms. The van der Waals surface area contributed by atoms with Gasteiger partial charge >= 0.3 is 0 Å². The minimum absolute atomic E-state index is 0.228. The van der Waals surface area contributed by atoms with Gasteiger partial charge in [0.15, 0.2) is 0 Å². The largest absolute Gasteiger partial charge is 0.351 e. The molecule has 2 N–H and O–H groups in total. The zero-order chi connectivity index (χ0) is 17.5. The molecule has 0 fully saturated rings. The highest BCUT2D eigenvalue weighted by atomic mass is 19.3. The van der Waals surface area contributed by atoms with Crippen molar-refractivity contribution in [3.05, 3.63) is 57.5 Å². The predicted octanol–water partition coefficient (Wildman–Crippen LogP) is 4.87. The minimum Gasteiger partial charge on any atom is -0.351 e. The number of hydrogen-bond donors (Lipinski definition) is 2. The standard InChI is InChI=1S/C19H22F2N2O/c1-4-5-9-19(18(3,20)21)13-8-10-22-17(24)16(13)23-15-7-6-12(2)11-14(15)19/h6-8,10-11,23H,4-5,9H2,1-3H3,(H,22,24). The molecule has 0 radical (unpaired) electrons. The van der Waals surface area contributed by atoms with Gasteiger partial charge in [0.2, 0.25) is 0 Å². The second kappa shape index (κ2) is 5.72. The van der Waals surface area contributed by atoms with Gasteiger partial charge in [-0.15, -0.1) is 0 Å². The van der Waals surface area contributed by atoms with Crippen LogP contribution in [0, 0.1) is 6.92 Å². The molecule has 1 aromatic carbocycles. The monoisotopic (exact) mass is 332 g/mol. The number of aromatic nitrogens is 1. The first-order valence-corrected chi connectivity index (χ1v) is 8.29. The van der Waals surface area contributed by atoms with Gasteiger partial charge in [0, 0.05) is 18.8 Å². The molecule has 1 atom stereocenters. The number of nitrogens with one attached hydrogen (secondary N) is 2. The average molecular weight is 332 g/mol. The summed E-state index contributed by atoms with van der Waals surface area (Å²) in [5.41, 5.74) is 0.817. The van der Waals surface area contributed by atoms with Gasteiger partial charge in [-0.05, 0) is 36.6 Å². The number of pyridine rings is 1. The summed E-state index contributed by atoms with van der Waals surface area (Å²) in [6, 6.07) is 7.08. The lowest BCUT2D eigenvalue weighted by Crippen LogP contribution is -2.48. The van der Waals surface area contributed by atoms with Crippen molar-refractivity contribution in [1.82, 2.24) is 4.98 Å². The van der Waals surface area contributed by atoms with Crippen LogP contribution in [0.1, 0.15) is 49.8 Å². The summed E-state index contributed by atoms with van der Waals surface area (Å²) in [5, 5.41) is 3.06. The van der Waals surface area contributed by atoms with Gasteiger partial charge in [-0.1, -0.05) is 37.5 Å². The molecule has 24 heavy (non-hydrogen) atoms. The number of anilines is 2. The highest BCUT2D eigenvalue weighted by molar-refractivity contribution is 5.76. The van der Waals surface area contributed by atoms with E-state index in [-0.39, 0.29) is 11.2 Å². The van der Waals surface area contributed by atoms with Crippen LogP contribution in [-0.2, 0) is 5.41 Å². The molecule has 2 heterocycles. The number of alkyl halides is 2. The number of aryl methyl sites for hydroxylation is 1. The first kappa shape index (κ1) is 16.7. The molecule has 0 spiro atoms. The SMILES string of the molecule is CCCCC1(C(C)(F)F)c2cc(C)ccc2Nc2c1cc[nH]c2=O. The third-order valence-electron chi connectivity index (χ3n) is 4.97. The molecular weight excluding hydrogens is 310 g/mol. The lowest BCUT2D eigenvalue weighted by Gasteiger charge is -2.44. The highest BCUT2D eigenvalue weighted by Crippen LogP contribution is 2.55. The summed E-state index contributed by atoms with van der Waals surface area (Å²) in [7, 11) is 0. The molecule has 5 heteroatoms. The Kier molecular flexibility index (Phi) is 3.98. The number of unbranched alkanes of at least 4 members (excludes halogenated alkanes) is 1. The first-order chi connectivity index (χ1) is 11.3. The first-order valence-electron chi connectivity index (χ1n) is 8.29. The van der Waals surface area contributed by atoms with Gasteiger partial charge in [0.25, 0.3) is 11.5 Å². The van der Waals surface area contributed by atoms with E-state index in [2.05, 4.69) is 10.3 Å². The van der Waals surface area contributed by atoms with Crippen molar-refractivity contribution in [2.45, 2.75) is 51.4 Å². The van der Waals surface area contributed by atoms with Crippen molar-refractivity contribution in [1.29, 1.82) is 0 Å². The number of H-pyrrole nitrogens is 1. The Hall–Kier alpha value is -2.17. The fourth-order valence-electron chi connectivity index (χ4n) is 3.76. The van der Waals surface area contributed by atoms with Gasteiger partial charge in [-0.2, -0.15) is 0 Å². The maximum absolute atomic E-state index is 15.1. The van der Waals surface area contributed by atoms with E-state index < -0.39 is 11.3 Å². The zero-order valence-electron chi connectivity index (χ0n) is 14.2. The van der Waals surface area contributed by atoms with Crippen LogP contribution >= 0.6 is 0 Å². The zero-order valence-corrected chi connectivity index (χ0v) is 14.2. The minimum atomic E-state index is -3.00. The number of hydrogen-bond acceptors (Lipinski definition) is 2. The fraction of sp³-hybridized carbons (Fsp3) is 0.421. The number of rotatable bonds is 4. The Morgan fingerprint density at radius 3 is 2.62 bits per heavy atom. The van der Waals surface area contributed by atoms with Crippen LogP contribution < -0.4 is 10.9 Å². The Bertz CT molecular complexity index is 823. The summed E-state index contributed by atoms with van der Waals surface area (Å²) in [4.78, 5) is 14.9. The molecule has 3 rings (SSSR count). The van der Waals surface area contributed by atoms with Gasteiger partial charge in [0.05, 0.1) is 5.41 Å². The van der Waals surface area contributed by atoms with Crippen LogP contribution in [0.2, 0.25) is 0 Å². The molecule has 1 aliphatic rings. The Morgan fingerprint density at radius 2 is 1.96 bits per heavy atom. The smallest absolute Gasteiger partial charge is 0.271 e. The normalized spacial score (nSPS) is 19.4. The van der Waals surface area contributed by atoms with Gasteiger partial charge in [0.1, 0.15) is 5.69 Å². The Balaban J connectivity index is 2.40. The van der Waals surface area contributed by atoms with Crippen LogP contribution in [-0.4, -0.2) is 10.9 Å². The lowest BCUT2D eigenvalue weighted by molar-refractivity contribution is -0.0488. The molecule has 0 amide bonds. The van der Waals surface area contributed by atoms with Crippen molar-refractivity contribution in [2.75, 3.05) is 5.32 Å². The number of fused-ring (bicyclic) bond motifs is 2. The third kappa shape index (κ3) is 2.34. The van der Waals surface area contributed by atoms with Crippen molar-refractivity contribution in [3.8, 4) is 0 Å². The molecule has 0 aliphatic carbocycles. The summed E-state index contributed by atoms with van der Waals surface area (Å²) in [6.07, 6.45) is 3.21. The molecule has 1 aliphatic heterocycles. The quantitative estimate of drug-likeness (QED) is 0.839. The number of aromatic amines is 1. The molecule has 3 nitrogen and oxygen atoms in total. The van der Waals surface area contributed by atoms with E-state index in [1.54, 1.807) is 12.1 Å². The van der Waals surface area contributed by atoms with E-state index in [0.29, 0.717) is 29.7 Å². The molecular formula is C19H22F2N2O. The van der Waals surface area contributed by atoms with Crippen LogP contribution in [0.4, 0.5) is 20.2 Å². The Morgan fingerprint density at radius 1 is 1.21 bits per heavy atom. The molecule has 0 saturated carbocycles. The van der Waals surface area contributed by atoms with Crippen molar-refractivity contribution in [3.63, 3.8) is 0 Å². The van der Waals surface area contributed by atoms with Crippen molar-refractivity contribution in [2.24, 2.45) is 0 Å². The van der Waals surface area contributed by atoms with E-state index in [1.165, 1.54) is 6.20 Å². The van der Waals surface area contributed by atoms with E-state index >= 15 is 8.78 Å². The highest BCUT2D eigenvalue weighted by Gasteiger charge is 2.55. The molecule has 0 saturated heterocycles. The van der Waals surface area contributed by atoms with E-state index in [9.17, 15) is 4.79 Å². The van der Waals surface area contributed by atoms with Crippen LogP contribution in [0.3, 0.4) is 0 Å². The van der Waals surface area contributed by atoms with Gasteiger partial charge < -0.3 is 10.3 Å². The number of halogens is 2. The molecule has 1 unspecified atom stereocenters. The van der Waals surface area contributed by atoms with Crippen molar-refractivity contribution < 1.29 is 8.78 Å². The Labute approximate surface area is 140 Å². The van der Waals surface area contributed by atoms with E-state index in [4.69, 9.17) is 0 Å². The maximum Gasteiger partial charge on any atom is 0.271 e. The maximum atomic E-state index is 15.1. The lowest BCUT2D eigenvalue weighted by atomic mass is 9.64. The average Bonchev–Trinajstić information content (AvgIpc) is 2.51. The summed E-state index contributed by atoms with van der Waals surface area (Å²) in [6.45, 7) is 4.84. The summed E-state index contributed by atoms with van der Waals surface area (Å²) in [5.74, 6) is -3.00. The second-order valence-electron chi connectivity index (χ2n) is 6.67. The van der Waals surface area contributed by atoms with E-state index in [1.807, 2.05) is 26.0 Å². The van der Waals surface area contributed by atoms with E-state index in [0.717, 1.165) is 18.9 Å². The van der Waals surface area contributed by atoms with Crippen LogP contribution in [0.5, 0.6) is 0 Å².